The van der Waals surface area contributed by atoms with Crippen molar-refractivity contribution >= 4 is 29.2 Å². The third kappa shape index (κ3) is 2.80. The minimum atomic E-state index is -1.11. The third-order valence-electron chi connectivity index (χ3n) is 2.77. The van der Waals surface area contributed by atoms with Crippen molar-refractivity contribution in [1.29, 1.82) is 0 Å². The van der Waals surface area contributed by atoms with Gasteiger partial charge in [0.25, 0.3) is 0 Å². The second kappa shape index (κ2) is 5.37. The van der Waals surface area contributed by atoms with Gasteiger partial charge in [0.05, 0.1) is 23.8 Å². The van der Waals surface area contributed by atoms with Crippen molar-refractivity contribution in [3.63, 3.8) is 0 Å². The molecule has 5 nitrogen and oxygen atoms in total. The standard InChI is InChI=1S/C12H12ClNO4/c13-8-1-2-9(12(16)17)10(5-8)14-11(15)7-3-4-18-6-7/h1-2,5,7H,3-4,6H2,(H,14,15)(H,16,17). The van der Waals surface area contributed by atoms with Gasteiger partial charge in [-0.2, -0.15) is 0 Å². The monoisotopic (exact) mass is 269 g/mol. The average molecular weight is 270 g/mol. The molecular weight excluding hydrogens is 258 g/mol. The van der Waals surface area contributed by atoms with Gasteiger partial charge >= 0.3 is 5.97 Å². The number of amides is 1. The first kappa shape index (κ1) is 12.9. The van der Waals surface area contributed by atoms with Crippen LogP contribution >= 0.6 is 11.6 Å². The molecule has 1 aromatic rings. The second-order valence-corrected chi connectivity index (χ2v) is 4.48. The molecule has 1 fully saturated rings. The molecule has 18 heavy (non-hydrogen) atoms. The maximum atomic E-state index is 11.9. The van der Waals surface area contributed by atoms with Gasteiger partial charge in [0.15, 0.2) is 0 Å². The topological polar surface area (TPSA) is 75.6 Å². The Morgan fingerprint density at radius 2 is 2.22 bits per heavy atom. The van der Waals surface area contributed by atoms with Crippen molar-refractivity contribution in [2.75, 3.05) is 18.5 Å². The highest BCUT2D eigenvalue weighted by Gasteiger charge is 2.24. The Bertz CT molecular complexity index is 483. The highest BCUT2D eigenvalue weighted by Crippen LogP contribution is 2.23. The van der Waals surface area contributed by atoms with Gasteiger partial charge in [0, 0.05) is 11.6 Å². The molecule has 0 radical (unpaired) electrons. The highest BCUT2D eigenvalue weighted by atomic mass is 35.5. The van der Waals surface area contributed by atoms with Crippen LogP contribution in [-0.2, 0) is 9.53 Å². The molecule has 0 aromatic heterocycles. The van der Waals surface area contributed by atoms with Crippen molar-refractivity contribution in [3.8, 4) is 0 Å². The molecule has 1 amide bonds. The first-order valence-electron chi connectivity index (χ1n) is 5.49. The van der Waals surface area contributed by atoms with E-state index in [1.165, 1.54) is 18.2 Å². The van der Waals surface area contributed by atoms with Crippen LogP contribution in [0.25, 0.3) is 0 Å². The second-order valence-electron chi connectivity index (χ2n) is 4.04. The fraction of sp³-hybridized carbons (Fsp3) is 0.333. The first-order chi connectivity index (χ1) is 8.58. The predicted molar refractivity (Wildman–Crippen MR) is 66.0 cm³/mol. The minimum absolute atomic E-state index is 0.0201. The Morgan fingerprint density at radius 3 is 2.83 bits per heavy atom. The van der Waals surface area contributed by atoms with E-state index >= 15 is 0 Å². The summed E-state index contributed by atoms with van der Waals surface area (Å²) < 4.78 is 5.11. The number of carboxylic acids is 1. The molecular formula is C12H12ClNO4. The van der Waals surface area contributed by atoms with Crippen molar-refractivity contribution < 1.29 is 19.4 Å². The SMILES string of the molecule is O=C(O)c1ccc(Cl)cc1NC(=O)C1CCOC1. The summed E-state index contributed by atoms with van der Waals surface area (Å²) in [6.07, 6.45) is 0.648. The van der Waals surface area contributed by atoms with Crippen molar-refractivity contribution in [2.24, 2.45) is 5.92 Å². The number of benzene rings is 1. The minimum Gasteiger partial charge on any atom is -0.478 e. The maximum absolute atomic E-state index is 11.9. The average Bonchev–Trinajstić information content (AvgIpc) is 2.81. The molecule has 0 saturated carbocycles. The molecule has 2 rings (SSSR count). The molecule has 1 heterocycles. The smallest absolute Gasteiger partial charge is 0.337 e. The highest BCUT2D eigenvalue weighted by molar-refractivity contribution is 6.31. The number of rotatable bonds is 3. The molecule has 1 atom stereocenters. The zero-order valence-electron chi connectivity index (χ0n) is 9.48. The largest absolute Gasteiger partial charge is 0.478 e. The molecule has 96 valence electrons. The van der Waals surface area contributed by atoms with Gasteiger partial charge in [-0.15, -0.1) is 0 Å². The summed E-state index contributed by atoms with van der Waals surface area (Å²) >= 11 is 5.80. The van der Waals surface area contributed by atoms with E-state index in [1.807, 2.05) is 0 Å². The van der Waals surface area contributed by atoms with E-state index in [4.69, 9.17) is 21.4 Å². The van der Waals surface area contributed by atoms with Gasteiger partial charge in [0.1, 0.15) is 0 Å². The number of hydrogen-bond donors (Lipinski definition) is 2. The number of carbonyl (C=O) groups excluding carboxylic acids is 1. The molecule has 0 bridgehead atoms. The van der Waals surface area contributed by atoms with Gasteiger partial charge in [-0.3, -0.25) is 4.79 Å². The van der Waals surface area contributed by atoms with Crippen LogP contribution < -0.4 is 5.32 Å². The normalized spacial score (nSPS) is 18.6. The van der Waals surface area contributed by atoms with Gasteiger partial charge in [0.2, 0.25) is 5.91 Å². The molecule has 0 spiro atoms. The zero-order valence-corrected chi connectivity index (χ0v) is 10.2. The van der Waals surface area contributed by atoms with Crippen LogP contribution in [0.15, 0.2) is 18.2 Å². The molecule has 2 N–H and O–H groups in total. The number of carboxylic acid groups (broad SMARTS) is 1. The fourth-order valence-electron chi connectivity index (χ4n) is 1.78. The molecule has 1 aliphatic rings. The lowest BCUT2D eigenvalue weighted by Gasteiger charge is -2.11. The van der Waals surface area contributed by atoms with E-state index in [9.17, 15) is 9.59 Å². The molecule has 6 heteroatoms. The van der Waals surface area contributed by atoms with Gasteiger partial charge < -0.3 is 15.2 Å². The molecule has 1 saturated heterocycles. The summed E-state index contributed by atoms with van der Waals surface area (Å²) in [5, 5.41) is 12.0. The molecule has 1 unspecified atom stereocenters. The number of halogens is 1. The number of nitrogens with one attached hydrogen (secondary N) is 1. The van der Waals surface area contributed by atoms with Crippen molar-refractivity contribution in [3.05, 3.63) is 28.8 Å². The van der Waals surface area contributed by atoms with Crippen LogP contribution in [0.4, 0.5) is 5.69 Å². The number of anilines is 1. The zero-order chi connectivity index (χ0) is 13.1. The molecule has 0 aliphatic carbocycles. The Morgan fingerprint density at radius 1 is 1.44 bits per heavy atom. The summed E-state index contributed by atoms with van der Waals surface area (Å²) in [5.74, 6) is -1.58. The lowest BCUT2D eigenvalue weighted by Crippen LogP contribution is -2.24. The van der Waals surface area contributed by atoms with Crippen LogP contribution in [0.5, 0.6) is 0 Å². The van der Waals surface area contributed by atoms with E-state index in [1.54, 1.807) is 0 Å². The number of carbonyl (C=O) groups is 2. The van der Waals surface area contributed by atoms with Crippen LogP contribution in [0.1, 0.15) is 16.8 Å². The maximum Gasteiger partial charge on any atom is 0.337 e. The van der Waals surface area contributed by atoms with E-state index in [0.29, 0.717) is 24.7 Å². The Balaban J connectivity index is 2.19. The Kier molecular flexibility index (Phi) is 3.84. The summed E-state index contributed by atoms with van der Waals surface area (Å²) in [5.41, 5.74) is 0.235. The summed E-state index contributed by atoms with van der Waals surface area (Å²) in [4.78, 5) is 22.9. The lowest BCUT2D eigenvalue weighted by atomic mass is 10.1. The first-order valence-corrected chi connectivity index (χ1v) is 5.87. The van der Waals surface area contributed by atoms with Crippen molar-refractivity contribution in [1.82, 2.24) is 0 Å². The number of ether oxygens (including phenoxy) is 1. The number of aromatic carboxylic acids is 1. The van der Waals surface area contributed by atoms with E-state index < -0.39 is 5.97 Å². The van der Waals surface area contributed by atoms with Crippen LogP contribution in [0.3, 0.4) is 0 Å². The van der Waals surface area contributed by atoms with Crippen LogP contribution in [0.2, 0.25) is 5.02 Å². The summed E-state index contributed by atoms with van der Waals surface area (Å²) in [6.45, 7) is 0.925. The quantitative estimate of drug-likeness (QED) is 0.880. The summed E-state index contributed by atoms with van der Waals surface area (Å²) in [6, 6.07) is 4.27. The van der Waals surface area contributed by atoms with E-state index in [2.05, 4.69) is 5.32 Å². The lowest BCUT2D eigenvalue weighted by molar-refractivity contribution is -0.119. The van der Waals surface area contributed by atoms with E-state index in [0.717, 1.165) is 0 Å². The van der Waals surface area contributed by atoms with Crippen LogP contribution in [0, 0.1) is 5.92 Å². The van der Waals surface area contributed by atoms with E-state index in [-0.39, 0.29) is 23.1 Å². The van der Waals surface area contributed by atoms with Crippen molar-refractivity contribution in [2.45, 2.75) is 6.42 Å². The Hall–Kier alpha value is -1.59. The summed E-state index contributed by atoms with van der Waals surface area (Å²) in [7, 11) is 0. The fourth-order valence-corrected chi connectivity index (χ4v) is 1.95. The van der Waals surface area contributed by atoms with Gasteiger partial charge in [-0.1, -0.05) is 11.6 Å². The molecule has 1 aliphatic heterocycles. The number of hydrogen-bond acceptors (Lipinski definition) is 3. The molecule has 1 aromatic carbocycles. The third-order valence-corrected chi connectivity index (χ3v) is 3.01. The Labute approximate surface area is 109 Å². The van der Waals surface area contributed by atoms with Crippen LogP contribution in [-0.4, -0.2) is 30.2 Å². The van der Waals surface area contributed by atoms with Gasteiger partial charge in [-0.05, 0) is 24.6 Å². The predicted octanol–water partition coefficient (Wildman–Crippen LogP) is 2.01. The van der Waals surface area contributed by atoms with Gasteiger partial charge in [-0.25, -0.2) is 4.79 Å².